The van der Waals surface area contributed by atoms with Crippen LogP contribution in [0, 0.1) is 16.0 Å². The number of carbonyl (C=O) groups excluding carboxylic acids is 1. The van der Waals surface area contributed by atoms with E-state index >= 15 is 0 Å². The number of nitrogens with one attached hydrogen (secondary N) is 1. The van der Waals surface area contributed by atoms with Crippen LogP contribution in [-0.2, 0) is 11.2 Å². The fourth-order valence-electron chi connectivity index (χ4n) is 1.40. The van der Waals surface area contributed by atoms with Crippen LogP contribution in [0.25, 0.3) is 0 Å². The van der Waals surface area contributed by atoms with Gasteiger partial charge >= 0.3 is 5.69 Å². The molecule has 0 saturated carbocycles. The second-order valence-corrected chi connectivity index (χ2v) is 4.28. The number of nitrogens with zero attached hydrogens (tertiary/aromatic N) is 1. The molecule has 1 rings (SSSR count). The average Bonchev–Trinajstić information content (AvgIpc) is 2.30. The molecule has 0 spiro atoms. The fourth-order valence-corrected chi connectivity index (χ4v) is 1.40. The van der Waals surface area contributed by atoms with Gasteiger partial charge in [0.1, 0.15) is 0 Å². The summed E-state index contributed by atoms with van der Waals surface area (Å²) in [4.78, 5) is 21.3. The Bertz CT molecular complexity index is 457. The number of phenols is 1. The van der Waals surface area contributed by atoms with E-state index in [0.717, 1.165) is 0 Å². The number of carbonyl (C=O) groups is 1. The van der Waals surface area contributed by atoms with Crippen molar-refractivity contribution in [3.05, 3.63) is 33.9 Å². The predicted molar refractivity (Wildman–Crippen MR) is 66.3 cm³/mol. The fraction of sp³-hybridized carbons (Fsp3) is 0.417. The molecule has 0 bridgehead atoms. The molecular formula is C12H16N2O4. The Morgan fingerprint density at radius 2 is 2.17 bits per heavy atom. The summed E-state index contributed by atoms with van der Waals surface area (Å²) in [6.45, 7) is 4.00. The lowest BCUT2D eigenvalue weighted by Crippen LogP contribution is -2.29. The van der Waals surface area contributed by atoms with Crippen molar-refractivity contribution in [3.8, 4) is 5.75 Å². The van der Waals surface area contributed by atoms with Gasteiger partial charge in [-0.25, -0.2) is 0 Å². The van der Waals surface area contributed by atoms with Crippen LogP contribution in [0.5, 0.6) is 5.75 Å². The molecule has 0 fully saturated rings. The number of phenolic OH excluding ortho intramolecular Hbond substituents is 1. The van der Waals surface area contributed by atoms with Crippen LogP contribution in [0.1, 0.15) is 19.4 Å². The minimum absolute atomic E-state index is 0.0525. The topological polar surface area (TPSA) is 92.5 Å². The lowest BCUT2D eigenvalue weighted by atomic mass is 10.1. The average molecular weight is 252 g/mol. The van der Waals surface area contributed by atoms with E-state index < -0.39 is 4.92 Å². The lowest BCUT2D eigenvalue weighted by Gasteiger charge is -2.07. The van der Waals surface area contributed by atoms with Gasteiger partial charge < -0.3 is 10.4 Å². The molecule has 0 saturated heterocycles. The Kier molecular flexibility index (Phi) is 4.65. The molecule has 0 radical (unpaired) electrons. The third-order valence-corrected chi connectivity index (χ3v) is 2.47. The van der Waals surface area contributed by atoms with Crippen LogP contribution in [-0.4, -0.2) is 22.5 Å². The Morgan fingerprint density at radius 3 is 2.72 bits per heavy atom. The highest BCUT2D eigenvalue weighted by atomic mass is 16.6. The molecule has 0 aliphatic rings. The van der Waals surface area contributed by atoms with Crippen molar-refractivity contribution >= 4 is 11.6 Å². The van der Waals surface area contributed by atoms with Crippen molar-refractivity contribution in [1.82, 2.24) is 5.32 Å². The first-order valence-electron chi connectivity index (χ1n) is 5.66. The summed E-state index contributed by atoms with van der Waals surface area (Å²) in [5, 5.41) is 22.6. The molecule has 0 unspecified atom stereocenters. The summed E-state index contributed by atoms with van der Waals surface area (Å²) in [5.41, 5.74) is 0.381. The van der Waals surface area contributed by atoms with Crippen LogP contribution < -0.4 is 5.32 Å². The van der Waals surface area contributed by atoms with E-state index in [2.05, 4.69) is 5.32 Å². The van der Waals surface area contributed by atoms with E-state index in [-0.39, 0.29) is 23.3 Å². The lowest BCUT2D eigenvalue weighted by molar-refractivity contribution is -0.385. The Hall–Kier alpha value is -2.11. The van der Waals surface area contributed by atoms with Crippen LogP contribution in [0.2, 0.25) is 0 Å². The zero-order chi connectivity index (χ0) is 13.7. The molecule has 1 aromatic rings. The van der Waals surface area contributed by atoms with Gasteiger partial charge in [0.25, 0.3) is 0 Å². The van der Waals surface area contributed by atoms with Gasteiger partial charge in [0.05, 0.1) is 4.92 Å². The van der Waals surface area contributed by atoms with E-state index in [0.29, 0.717) is 18.5 Å². The van der Waals surface area contributed by atoms with Crippen LogP contribution in [0.15, 0.2) is 18.2 Å². The molecule has 2 N–H and O–H groups in total. The van der Waals surface area contributed by atoms with Crippen molar-refractivity contribution in [3.63, 3.8) is 0 Å². The van der Waals surface area contributed by atoms with E-state index in [1.165, 1.54) is 12.1 Å². The molecule has 0 atom stereocenters. The largest absolute Gasteiger partial charge is 0.502 e. The van der Waals surface area contributed by atoms with Crippen molar-refractivity contribution in [2.75, 3.05) is 6.54 Å². The third-order valence-electron chi connectivity index (χ3n) is 2.47. The van der Waals surface area contributed by atoms with E-state index in [1.54, 1.807) is 19.9 Å². The van der Waals surface area contributed by atoms with Gasteiger partial charge in [-0.3, -0.25) is 14.9 Å². The number of hydrogen-bond donors (Lipinski definition) is 2. The number of rotatable bonds is 5. The zero-order valence-corrected chi connectivity index (χ0v) is 10.3. The van der Waals surface area contributed by atoms with Gasteiger partial charge in [0.15, 0.2) is 5.75 Å². The number of nitro groups is 1. The maximum Gasteiger partial charge on any atom is 0.310 e. The number of nitro benzene ring substituents is 1. The van der Waals surface area contributed by atoms with E-state index in [4.69, 9.17) is 0 Å². The van der Waals surface area contributed by atoms with Gasteiger partial charge in [-0.1, -0.05) is 19.9 Å². The maximum atomic E-state index is 11.3. The molecular weight excluding hydrogens is 236 g/mol. The van der Waals surface area contributed by atoms with Crippen molar-refractivity contribution in [2.24, 2.45) is 5.92 Å². The molecule has 1 aromatic carbocycles. The first-order chi connectivity index (χ1) is 8.41. The zero-order valence-electron chi connectivity index (χ0n) is 10.3. The summed E-state index contributed by atoms with van der Waals surface area (Å²) >= 11 is 0. The second-order valence-electron chi connectivity index (χ2n) is 4.28. The highest BCUT2D eigenvalue weighted by Gasteiger charge is 2.13. The number of hydrogen-bond acceptors (Lipinski definition) is 4. The molecule has 0 aliphatic carbocycles. The normalized spacial score (nSPS) is 10.4. The Morgan fingerprint density at radius 1 is 1.50 bits per heavy atom. The molecule has 98 valence electrons. The van der Waals surface area contributed by atoms with Crippen LogP contribution in [0.3, 0.4) is 0 Å². The molecule has 6 heteroatoms. The van der Waals surface area contributed by atoms with Gasteiger partial charge in [-0.15, -0.1) is 0 Å². The number of aromatic hydroxyl groups is 1. The maximum absolute atomic E-state index is 11.3. The second kappa shape index (κ2) is 6.00. The van der Waals surface area contributed by atoms with Gasteiger partial charge in [0.2, 0.25) is 5.91 Å². The van der Waals surface area contributed by atoms with Crippen molar-refractivity contribution in [1.29, 1.82) is 0 Å². The monoisotopic (exact) mass is 252 g/mol. The quantitative estimate of drug-likeness (QED) is 0.615. The summed E-state index contributed by atoms with van der Waals surface area (Å²) in [7, 11) is 0. The molecule has 1 amide bonds. The molecule has 18 heavy (non-hydrogen) atoms. The van der Waals surface area contributed by atoms with Gasteiger partial charge in [-0.05, 0) is 18.1 Å². The number of benzene rings is 1. The SMILES string of the molecule is CC(C)C(=O)NCCc1ccc(O)c([N+](=O)[O-])c1. The van der Waals surface area contributed by atoms with E-state index in [9.17, 15) is 20.0 Å². The molecule has 0 aromatic heterocycles. The van der Waals surface area contributed by atoms with Crippen LogP contribution >= 0.6 is 0 Å². The highest BCUT2D eigenvalue weighted by Crippen LogP contribution is 2.26. The Balaban J connectivity index is 2.61. The smallest absolute Gasteiger partial charge is 0.310 e. The molecule has 0 aliphatic heterocycles. The molecule has 6 nitrogen and oxygen atoms in total. The summed E-state index contributed by atoms with van der Waals surface area (Å²) in [5.74, 6) is -0.489. The van der Waals surface area contributed by atoms with Crippen molar-refractivity contribution in [2.45, 2.75) is 20.3 Å². The minimum atomic E-state index is -0.633. The van der Waals surface area contributed by atoms with E-state index in [1.807, 2.05) is 0 Å². The highest BCUT2D eigenvalue weighted by molar-refractivity contribution is 5.77. The summed E-state index contributed by atoms with van der Waals surface area (Å²) in [6.07, 6.45) is 0.486. The summed E-state index contributed by atoms with van der Waals surface area (Å²) in [6, 6.07) is 4.21. The van der Waals surface area contributed by atoms with Gasteiger partial charge in [0, 0.05) is 18.5 Å². The Labute approximate surface area is 105 Å². The van der Waals surface area contributed by atoms with Crippen LogP contribution in [0.4, 0.5) is 5.69 Å². The first-order valence-corrected chi connectivity index (χ1v) is 5.66. The number of amides is 1. The molecule has 0 heterocycles. The van der Waals surface area contributed by atoms with Gasteiger partial charge in [-0.2, -0.15) is 0 Å². The predicted octanol–water partition coefficient (Wildman–Crippen LogP) is 1.62. The minimum Gasteiger partial charge on any atom is -0.502 e. The summed E-state index contributed by atoms with van der Waals surface area (Å²) < 4.78 is 0. The standard InChI is InChI=1S/C12H16N2O4/c1-8(2)12(16)13-6-5-9-3-4-11(15)10(7-9)14(17)18/h3-4,7-8,15H,5-6H2,1-2H3,(H,13,16). The van der Waals surface area contributed by atoms with Crippen molar-refractivity contribution < 1.29 is 14.8 Å². The third kappa shape index (κ3) is 3.73. The first kappa shape index (κ1) is 14.0.